The van der Waals surface area contributed by atoms with Crippen LogP contribution in [-0.2, 0) is 0 Å². The van der Waals surface area contributed by atoms with Crippen molar-refractivity contribution >= 4 is 5.69 Å². The number of hydrogen-bond donors (Lipinski definition) is 1. The second-order valence-electron chi connectivity index (χ2n) is 6.04. The Morgan fingerprint density at radius 3 is 2.77 bits per heavy atom. The van der Waals surface area contributed by atoms with E-state index in [0.717, 1.165) is 12.2 Å². The number of anilines is 1. The monoisotopic (exact) mass is 291 g/mol. The Morgan fingerprint density at radius 1 is 1.09 bits per heavy atom. The number of nitrogens with one attached hydrogen (secondary N) is 1. The van der Waals surface area contributed by atoms with E-state index >= 15 is 0 Å². The van der Waals surface area contributed by atoms with Crippen LogP contribution < -0.4 is 10.1 Å². The summed E-state index contributed by atoms with van der Waals surface area (Å²) < 4.78 is 5.85. The number of para-hydroxylation sites is 1. The molecule has 1 aliphatic carbocycles. The van der Waals surface area contributed by atoms with E-state index in [-0.39, 0.29) is 0 Å². The first-order valence-corrected chi connectivity index (χ1v) is 8.12. The normalized spacial score (nSPS) is 25.2. The van der Waals surface area contributed by atoms with Crippen molar-refractivity contribution in [3.8, 4) is 5.75 Å². The highest BCUT2D eigenvalue weighted by Crippen LogP contribution is 2.52. The second kappa shape index (κ2) is 5.53. The van der Waals surface area contributed by atoms with Gasteiger partial charge in [-0.2, -0.15) is 0 Å². The van der Waals surface area contributed by atoms with Gasteiger partial charge in [-0.05, 0) is 36.5 Å². The van der Waals surface area contributed by atoms with Gasteiger partial charge >= 0.3 is 0 Å². The van der Waals surface area contributed by atoms with Crippen LogP contribution in [0.3, 0.4) is 0 Å². The highest BCUT2D eigenvalue weighted by molar-refractivity contribution is 5.67. The molecule has 2 aromatic rings. The Bertz CT molecular complexity index is 692. The summed E-state index contributed by atoms with van der Waals surface area (Å²) in [6.45, 7) is 2.73. The van der Waals surface area contributed by atoms with Gasteiger partial charge in [-0.15, -0.1) is 0 Å². The molecule has 22 heavy (non-hydrogen) atoms. The summed E-state index contributed by atoms with van der Waals surface area (Å²) >= 11 is 0. The maximum atomic E-state index is 5.85. The molecule has 0 spiro atoms. The van der Waals surface area contributed by atoms with Gasteiger partial charge in [0.2, 0.25) is 0 Å². The fourth-order valence-electron chi connectivity index (χ4n) is 3.86. The Balaban J connectivity index is 1.80. The average Bonchev–Trinajstić information content (AvgIpc) is 3.05. The van der Waals surface area contributed by atoms with Gasteiger partial charge in [-0.25, -0.2) is 0 Å². The molecule has 2 heteroatoms. The molecule has 0 amide bonds. The number of benzene rings is 2. The number of fused-ring (bicyclic) bond motifs is 3. The van der Waals surface area contributed by atoms with Gasteiger partial charge in [-0.1, -0.05) is 54.6 Å². The minimum absolute atomic E-state index is 0.343. The molecular weight excluding hydrogens is 270 g/mol. The molecule has 0 unspecified atom stereocenters. The van der Waals surface area contributed by atoms with Crippen LogP contribution in [0.25, 0.3) is 0 Å². The standard InChI is InChI=1S/C20H21NO/c1-2-22-18-13-7-12-17-15-10-6-11-16(15)19(21-20(17)18)14-8-4-3-5-9-14/h3-10,12-13,15-16,19,21H,2,11H2,1H3/t15-,16+,19+/m0/s1. The summed E-state index contributed by atoms with van der Waals surface area (Å²) in [6.07, 6.45) is 5.83. The summed E-state index contributed by atoms with van der Waals surface area (Å²) in [7, 11) is 0. The van der Waals surface area contributed by atoms with Crippen molar-refractivity contribution in [1.29, 1.82) is 0 Å². The van der Waals surface area contributed by atoms with E-state index in [1.54, 1.807) is 0 Å². The molecule has 0 aromatic heterocycles. The molecular formula is C20H21NO. The fourth-order valence-corrected chi connectivity index (χ4v) is 3.86. The largest absolute Gasteiger partial charge is 0.492 e. The van der Waals surface area contributed by atoms with Crippen molar-refractivity contribution in [1.82, 2.24) is 0 Å². The van der Waals surface area contributed by atoms with Crippen molar-refractivity contribution < 1.29 is 4.74 Å². The fraction of sp³-hybridized carbons (Fsp3) is 0.300. The van der Waals surface area contributed by atoms with Crippen molar-refractivity contribution in [3.05, 3.63) is 71.8 Å². The molecule has 2 aromatic carbocycles. The zero-order chi connectivity index (χ0) is 14.9. The lowest BCUT2D eigenvalue weighted by molar-refractivity contribution is 0.337. The van der Waals surface area contributed by atoms with Crippen LogP contribution >= 0.6 is 0 Å². The topological polar surface area (TPSA) is 21.3 Å². The molecule has 2 nitrogen and oxygen atoms in total. The SMILES string of the molecule is CCOc1cccc2c1N[C@H](c1ccccc1)[C@@H]1CC=C[C@H]21. The molecule has 2 aliphatic rings. The average molecular weight is 291 g/mol. The Kier molecular flexibility index (Phi) is 3.38. The summed E-state index contributed by atoms with van der Waals surface area (Å²) in [6, 6.07) is 17.5. The molecule has 1 N–H and O–H groups in total. The van der Waals surface area contributed by atoms with E-state index in [9.17, 15) is 0 Å². The van der Waals surface area contributed by atoms with E-state index in [4.69, 9.17) is 4.74 Å². The summed E-state index contributed by atoms with van der Waals surface area (Å²) in [5.74, 6) is 2.05. The molecule has 1 heterocycles. The van der Waals surface area contributed by atoms with Crippen molar-refractivity contribution in [2.45, 2.75) is 25.3 Å². The van der Waals surface area contributed by atoms with E-state index in [2.05, 4.69) is 66.0 Å². The molecule has 0 fully saturated rings. The lowest BCUT2D eigenvalue weighted by Crippen LogP contribution is -2.29. The quantitative estimate of drug-likeness (QED) is 0.811. The summed E-state index contributed by atoms with van der Waals surface area (Å²) in [4.78, 5) is 0. The lowest BCUT2D eigenvalue weighted by Gasteiger charge is -2.38. The first-order valence-electron chi connectivity index (χ1n) is 8.12. The van der Waals surface area contributed by atoms with Crippen LogP contribution in [0.15, 0.2) is 60.7 Å². The highest BCUT2D eigenvalue weighted by atomic mass is 16.5. The number of allylic oxidation sites excluding steroid dienone is 2. The molecule has 4 rings (SSSR count). The Morgan fingerprint density at radius 2 is 1.95 bits per heavy atom. The molecule has 0 radical (unpaired) electrons. The van der Waals surface area contributed by atoms with E-state index < -0.39 is 0 Å². The van der Waals surface area contributed by atoms with Gasteiger partial charge in [0.15, 0.2) is 0 Å². The number of ether oxygens (including phenoxy) is 1. The molecule has 0 saturated heterocycles. The third-order valence-corrected chi connectivity index (χ3v) is 4.82. The van der Waals surface area contributed by atoms with Gasteiger partial charge in [0.05, 0.1) is 18.3 Å². The van der Waals surface area contributed by atoms with Crippen molar-refractivity contribution in [2.75, 3.05) is 11.9 Å². The van der Waals surface area contributed by atoms with Crippen LogP contribution in [-0.4, -0.2) is 6.61 Å². The highest BCUT2D eigenvalue weighted by Gasteiger charge is 2.38. The van der Waals surface area contributed by atoms with E-state index in [1.165, 1.54) is 16.8 Å². The predicted molar refractivity (Wildman–Crippen MR) is 90.4 cm³/mol. The summed E-state index contributed by atoms with van der Waals surface area (Å²) in [5.41, 5.74) is 3.90. The van der Waals surface area contributed by atoms with Crippen LogP contribution in [0.4, 0.5) is 5.69 Å². The lowest BCUT2D eigenvalue weighted by atomic mass is 9.77. The van der Waals surface area contributed by atoms with Gasteiger partial charge in [0.25, 0.3) is 0 Å². The first kappa shape index (κ1) is 13.4. The van der Waals surface area contributed by atoms with Crippen molar-refractivity contribution in [2.24, 2.45) is 5.92 Å². The van der Waals surface area contributed by atoms with Gasteiger partial charge in [0.1, 0.15) is 5.75 Å². The minimum atomic E-state index is 0.343. The van der Waals surface area contributed by atoms with Crippen LogP contribution in [0.2, 0.25) is 0 Å². The van der Waals surface area contributed by atoms with Gasteiger partial charge in [-0.3, -0.25) is 0 Å². The van der Waals surface area contributed by atoms with Crippen molar-refractivity contribution in [3.63, 3.8) is 0 Å². The molecule has 112 valence electrons. The third-order valence-electron chi connectivity index (χ3n) is 4.82. The minimum Gasteiger partial charge on any atom is -0.492 e. The smallest absolute Gasteiger partial charge is 0.142 e. The molecule has 0 saturated carbocycles. The summed E-state index contributed by atoms with van der Waals surface area (Å²) in [5, 5.41) is 3.77. The molecule has 0 bridgehead atoms. The zero-order valence-corrected chi connectivity index (χ0v) is 12.8. The maximum Gasteiger partial charge on any atom is 0.142 e. The van der Waals surface area contributed by atoms with Gasteiger partial charge in [0, 0.05) is 5.92 Å². The predicted octanol–water partition coefficient (Wildman–Crippen LogP) is 4.91. The Hall–Kier alpha value is -2.22. The molecule has 1 aliphatic heterocycles. The van der Waals surface area contributed by atoms with E-state index in [1.807, 2.05) is 6.92 Å². The Labute approximate surface area is 131 Å². The number of rotatable bonds is 3. The third kappa shape index (κ3) is 2.10. The zero-order valence-electron chi connectivity index (χ0n) is 12.8. The first-order chi connectivity index (χ1) is 10.9. The maximum absolute atomic E-state index is 5.85. The van der Waals surface area contributed by atoms with Crippen LogP contribution in [0.5, 0.6) is 5.75 Å². The van der Waals surface area contributed by atoms with Gasteiger partial charge < -0.3 is 10.1 Å². The van der Waals surface area contributed by atoms with E-state index in [0.29, 0.717) is 24.5 Å². The van der Waals surface area contributed by atoms with Crippen LogP contribution in [0.1, 0.15) is 36.4 Å². The molecule has 3 atom stereocenters. The van der Waals surface area contributed by atoms with Crippen LogP contribution in [0, 0.1) is 5.92 Å². The number of hydrogen-bond acceptors (Lipinski definition) is 2. The second-order valence-corrected chi connectivity index (χ2v) is 6.04.